The predicted molar refractivity (Wildman–Crippen MR) is 141 cm³/mol. The zero-order valence-corrected chi connectivity index (χ0v) is 20.5. The smallest absolute Gasteiger partial charge is 0.171 e. The summed E-state index contributed by atoms with van der Waals surface area (Å²) in [6, 6.07) is 13.7. The van der Waals surface area contributed by atoms with E-state index in [4.69, 9.17) is 15.2 Å². The lowest BCUT2D eigenvalue weighted by Gasteiger charge is -2.25. The molecule has 4 N–H and O–H groups in total. The van der Waals surface area contributed by atoms with Crippen molar-refractivity contribution in [3.05, 3.63) is 71.4 Å². The van der Waals surface area contributed by atoms with Gasteiger partial charge in [0.2, 0.25) is 0 Å². The summed E-state index contributed by atoms with van der Waals surface area (Å²) in [6.45, 7) is 5.65. The fourth-order valence-electron chi connectivity index (χ4n) is 3.91. The Kier molecular flexibility index (Phi) is 6.29. The number of pyridine rings is 2. The van der Waals surface area contributed by atoms with Gasteiger partial charge in [0.15, 0.2) is 6.23 Å². The van der Waals surface area contributed by atoms with E-state index in [0.29, 0.717) is 34.3 Å². The van der Waals surface area contributed by atoms with Gasteiger partial charge >= 0.3 is 0 Å². The average molecular weight is 479 g/mol. The molecule has 1 aliphatic heterocycles. The second kappa shape index (κ2) is 9.70. The molecule has 180 valence electrons. The number of benzene rings is 1. The molecule has 0 amide bonds. The minimum atomic E-state index is -0.472. The van der Waals surface area contributed by atoms with Crippen LogP contribution in [0.5, 0.6) is 0 Å². The topological polar surface area (TPSA) is 121 Å². The molecule has 36 heavy (non-hydrogen) atoms. The number of anilines is 2. The van der Waals surface area contributed by atoms with E-state index in [2.05, 4.69) is 49.0 Å². The van der Waals surface area contributed by atoms with Gasteiger partial charge in [0.25, 0.3) is 0 Å². The van der Waals surface area contributed by atoms with Crippen LogP contribution >= 0.6 is 0 Å². The molecule has 1 aliphatic rings. The first-order valence-corrected chi connectivity index (χ1v) is 11.6. The minimum Gasteiger partial charge on any atom is -0.342 e. The van der Waals surface area contributed by atoms with Crippen molar-refractivity contribution >= 4 is 28.1 Å². The number of aromatic nitrogens is 4. The molecular weight excluding hydrogens is 452 g/mol. The quantitative estimate of drug-likeness (QED) is 0.259. The van der Waals surface area contributed by atoms with Crippen LogP contribution in [0.15, 0.2) is 48.8 Å². The van der Waals surface area contributed by atoms with Crippen molar-refractivity contribution in [3.63, 3.8) is 0 Å². The maximum atomic E-state index is 8.17. The van der Waals surface area contributed by atoms with E-state index in [9.17, 15) is 0 Å². The van der Waals surface area contributed by atoms with E-state index in [1.165, 1.54) is 6.33 Å². The summed E-state index contributed by atoms with van der Waals surface area (Å²) in [7, 11) is 1.85. The second-order valence-corrected chi connectivity index (χ2v) is 8.67. The number of nitrogens with zero attached hydrogens (tertiary/aromatic N) is 4. The standard InChI is InChI=1S/C27H26N8O/c1-15-5-8-19-11-18(7-10-22(19)32-15)6-9-21-12-20-13-23(33-21)34-27(17(3)29-4)36-35-26-24(16(2)28)30-14-31-25(20)26/h5,7-8,10-14,17,27-29,35H,1-4H3,(H,33,34). The SMILES string of the molecule is CNC(C)C1Nc2cc(cc(C#Cc3ccc4nc(C)ccc4c3)n2)-c2ncnc(C(C)=N)c2NO1. The zero-order valence-electron chi connectivity index (χ0n) is 20.5. The average Bonchev–Trinajstić information content (AvgIpc) is 2.93. The largest absolute Gasteiger partial charge is 0.342 e. The highest BCUT2D eigenvalue weighted by atomic mass is 16.7. The van der Waals surface area contributed by atoms with Gasteiger partial charge < -0.3 is 16.0 Å². The van der Waals surface area contributed by atoms with Gasteiger partial charge in [-0.1, -0.05) is 12.0 Å². The van der Waals surface area contributed by atoms with Crippen LogP contribution in [0, 0.1) is 24.2 Å². The molecule has 2 bridgehead atoms. The number of fused-ring (bicyclic) bond motifs is 5. The highest BCUT2D eigenvalue weighted by molar-refractivity contribution is 6.02. The highest BCUT2D eigenvalue weighted by Gasteiger charge is 2.24. The molecule has 0 saturated heterocycles. The van der Waals surface area contributed by atoms with Crippen molar-refractivity contribution in [2.24, 2.45) is 0 Å². The Morgan fingerprint density at radius 1 is 1.11 bits per heavy atom. The van der Waals surface area contributed by atoms with Gasteiger partial charge in [-0.05, 0) is 70.1 Å². The summed E-state index contributed by atoms with van der Waals surface area (Å²) in [5, 5.41) is 15.7. The van der Waals surface area contributed by atoms with Gasteiger partial charge in [0.05, 0.1) is 23.0 Å². The Hall–Kier alpha value is -4.39. The zero-order chi connectivity index (χ0) is 25.2. The summed E-state index contributed by atoms with van der Waals surface area (Å²) in [5.74, 6) is 7.02. The van der Waals surface area contributed by atoms with Crippen molar-refractivity contribution in [1.82, 2.24) is 25.3 Å². The van der Waals surface area contributed by atoms with Crippen LogP contribution in [0.4, 0.5) is 11.5 Å². The monoisotopic (exact) mass is 478 g/mol. The summed E-state index contributed by atoms with van der Waals surface area (Å²) in [4.78, 5) is 24.0. The number of hydrogen-bond donors (Lipinski definition) is 4. The molecule has 2 atom stereocenters. The van der Waals surface area contributed by atoms with Crippen LogP contribution in [0.3, 0.4) is 0 Å². The first-order chi connectivity index (χ1) is 17.4. The van der Waals surface area contributed by atoms with Crippen molar-refractivity contribution < 1.29 is 4.84 Å². The van der Waals surface area contributed by atoms with Crippen LogP contribution < -0.4 is 16.1 Å². The van der Waals surface area contributed by atoms with Gasteiger partial charge in [-0.15, -0.1) is 0 Å². The maximum absolute atomic E-state index is 8.17. The first-order valence-electron chi connectivity index (χ1n) is 11.6. The molecule has 9 heteroatoms. The predicted octanol–water partition coefficient (Wildman–Crippen LogP) is 3.89. The fraction of sp³-hybridized carbons (Fsp3) is 0.222. The molecule has 0 fully saturated rings. The van der Waals surface area contributed by atoms with Crippen LogP contribution in [0.2, 0.25) is 0 Å². The number of aryl methyl sites for hydroxylation is 1. The Morgan fingerprint density at radius 2 is 1.97 bits per heavy atom. The Balaban J connectivity index is 1.60. The first kappa shape index (κ1) is 23.4. The van der Waals surface area contributed by atoms with Crippen molar-refractivity contribution in [2.75, 3.05) is 17.8 Å². The van der Waals surface area contributed by atoms with Gasteiger partial charge in [-0.25, -0.2) is 19.8 Å². The third-order valence-electron chi connectivity index (χ3n) is 5.95. The number of likely N-dealkylation sites (N-methyl/N-ethyl adjacent to an activating group) is 1. The van der Waals surface area contributed by atoms with Gasteiger partial charge in [-0.2, -0.15) is 0 Å². The fourth-order valence-corrected chi connectivity index (χ4v) is 3.91. The maximum Gasteiger partial charge on any atom is 0.171 e. The van der Waals surface area contributed by atoms with Gasteiger partial charge in [0, 0.05) is 22.2 Å². The van der Waals surface area contributed by atoms with Crippen LogP contribution in [-0.2, 0) is 4.84 Å². The molecule has 0 aliphatic carbocycles. The Labute approximate surface area is 209 Å². The van der Waals surface area contributed by atoms with Crippen molar-refractivity contribution in [3.8, 4) is 23.1 Å². The van der Waals surface area contributed by atoms with Crippen molar-refractivity contribution in [1.29, 1.82) is 5.41 Å². The molecular formula is C27H26N8O. The lowest BCUT2D eigenvalue weighted by Crippen LogP contribution is -2.43. The second-order valence-electron chi connectivity index (χ2n) is 8.67. The molecule has 4 heterocycles. The van der Waals surface area contributed by atoms with E-state index in [0.717, 1.165) is 27.7 Å². The summed E-state index contributed by atoms with van der Waals surface area (Å²) >= 11 is 0. The number of hydrogen-bond acceptors (Lipinski definition) is 9. The molecule has 9 nitrogen and oxygen atoms in total. The minimum absolute atomic E-state index is 0.0666. The van der Waals surface area contributed by atoms with E-state index in [-0.39, 0.29) is 6.04 Å². The lowest BCUT2D eigenvalue weighted by atomic mass is 10.1. The van der Waals surface area contributed by atoms with E-state index in [1.54, 1.807) is 6.92 Å². The molecule has 5 rings (SSSR count). The summed E-state index contributed by atoms with van der Waals surface area (Å²) in [5.41, 5.74) is 9.03. The van der Waals surface area contributed by atoms with E-state index in [1.807, 2.05) is 57.3 Å². The molecule has 0 radical (unpaired) electrons. The van der Waals surface area contributed by atoms with E-state index < -0.39 is 6.23 Å². The molecule has 3 aromatic heterocycles. The van der Waals surface area contributed by atoms with Crippen molar-refractivity contribution in [2.45, 2.75) is 33.0 Å². The highest BCUT2D eigenvalue weighted by Crippen LogP contribution is 2.32. The molecule has 1 aromatic carbocycles. The Morgan fingerprint density at radius 3 is 2.78 bits per heavy atom. The van der Waals surface area contributed by atoms with Gasteiger partial charge in [0.1, 0.15) is 29.2 Å². The molecule has 0 spiro atoms. The van der Waals surface area contributed by atoms with Crippen LogP contribution in [0.1, 0.15) is 36.5 Å². The molecule has 0 saturated carbocycles. The normalized spacial score (nSPS) is 15.2. The number of rotatable bonds is 3. The van der Waals surface area contributed by atoms with Gasteiger partial charge in [-0.3, -0.25) is 10.5 Å². The third-order valence-corrected chi connectivity index (χ3v) is 5.95. The Bertz CT molecular complexity index is 1540. The third kappa shape index (κ3) is 4.73. The van der Waals surface area contributed by atoms with E-state index >= 15 is 0 Å². The summed E-state index contributed by atoms with van der Waals surface area (Å²) in [6.07, 6.45) is 0.975. The molecule has 4 aromatic rings. The summed E-state index contributed by atoms with van der Waals surface area (Å²) < 4.78 is 0. The molecule has 2 unspecified atom stereocenters. The van der Waals surface area contributed by atoms with Crippen LogP contribution in [-0.4, -0.2) is 45.0 Å². The lowest BCUT2D eigenvalue weighted by molar-refractivity contribution is 0.0954. The van der Waals surface area contributed by atoms with Crippen LogP contribution in [0.25, 0.3) is 22.2 Å². The number of nitrogens with one attached hydrogen (secondary N) is 4.